The molecule has 0 bridgehead atoms. The van der Waals surface area contributed by atoms with E-state index in [9.17, 15) is 4.79 Å². The molecule has 0 spiro atoms. The number of nitrogens with zero attached hydrogens (tertiary/aromatic N) is 1. The van der Waals surface area contributed by atoms with E-state index in [2.05, 4.69) is 20.8 Å². The SMILES string of the molecule is CC(C)(C)c1ccc(/C=C(/C#N)C(=O)O)s1. The van der Waals surface area contributed by atoms with E-state index in [4.69, 9.17) is 10.4 Å². The van der Waals surface area contributed by atoms with Gasteiger partial charge in [0.15, 0.2) is 0 Å². The molecule has 0 aliphatic heterocycles. The maximum Gasteiger partial charge on any atom is 0.346 e. The number of rotatable bonds is 2. The van der Waals surface area contributed by atoms with Gasteiger partial charge in [0.1, 0.15) is 11.6 Å². The van der Waals surface area contributed by atoms with E-state index in [1.54, 1.807) is 6.07 Å². The Morgan fingerprint density at radius 1 is 1.50 bits per heavy atom. The maximum absolute atomic E-state index is 10.7. The van der Waals surface area contributed by atoms with Crippen LogP contribution in [0.4, 0.5) is 0 Å². The molecule has 4 heteroatoms. The molecule has 3 nitrogen and oxygen atoms in total. The molecule has 0 radical (unpaired) electrons. The van der Waals surface area contributed by atoms with E-state index in [1.807, 2.05) is 12.1 Å². The summed E-state index contributed by atoms with van der Waals surface area (Å²) in [6.07, 6.45) is 1.40. The van der Waals surface area contributed by atoms with Crippen molar-refractivity contribution in [1.82, 2.24) is 0 Å². The summed E-state index contributed by atoms with van der Waals surface area (Å²) in [5, 5.41) is 17.3. The van der Waals surface area contributed by atoms with Crippen molar-refractivity contribution in [3.8, 4) is 6.07 Å². The van der Waals surface area contributed by atoms with E-state index < -0.39 is 5.97 Å². The Morgan fingerprint density at radius 3 is 2.50 bits per heavy atom. The van der Waals surface area contributed by atoms with Crippen molar-refractivity contribution in [2.45, 2.75) is 26.2 Å². The predicted molar refractivity (Wildman–Crippen MR) is 64.2 cm³/mol. The molecule has 0 aromatic carbocycles. The van der Waals surface area contributed by atoms with Crippen molar-refractivity contribution in [1.29, 1.82) is 5.26 Å². The molecular weight excluding hydrogens is 222 g/mol. The number of hydrogen-bond acceptors (Lipinski definition) is 3. The largest absolute Gasteiger partial charge is 0.477 e. The van der Waals surface area contributed by atoms with Gasteiger partial charge in [-0.2, -0.15) is 5.26 Å². The van der Waals surface area contributed by atoms with Crippen LogP contribution in [0.5, 0.6) is 0 Å². The van der Waals surface area contributed by atoms with E-state index in [0.29, 0.717) is 0 Å². The number of carboxylic acids is 1. The molecule has 0 saturated carbocycles. The van der Waals surface area contributed by atoms with Gasteiger partial charge in [-0.15, -0.1) is 11.3 Å². The van der Waals surface area contributed by atoms with Crippen LogP contribution in [0.25, 0.3) is 6.08 Å². The first-order valence-electron chi connectivity index (χ1n) is 4.80. The first-order chi connectivity index (χ1) is 7.34. The Balaban J connectivity index is 3.05. The molecule has 0 aliphatic carbocycles. The summed E-state index contributed by atoms with van der Waals surface area (Å²) in [5.41, 5.74) is -0.186. The fraction of sp³-hybridized carbons (Fsp3) is 0.333. The second kappa shape index (κ2) is 4.50. The third-order valence-corrected chi connectivity index (χ3v) is 3.46. The minimum Gasteiger partial charge on any atom is -0.477 e. The quantitative estimate of drug-likeness (QED) is 0.633. The summed E-state index contributed by atoms with van der Waals surface area (Å²) in [7, 11) is 0. The van der Waals surface area contributed by atoms with Crippen molar-refractivity contribution >= 4 is 23.4 Å². The van der Waals surface area contributed by atoms with Crippen LogP contribution in [-0.2, 0) is 10.2 Å². The van der Waals surface area contributed by atoms with Crippen LogP contribution in [0.1, 0.15) is 30.5 Å². The Labute approximate surface area is 98.7 Å². The van der Waals surface area contributed by atoms with Crippen molar-refractivity contribution in [2.24, 2.45) is 0 Å². The molecule has 1 heterocycles. The van der Waals surface area contributed by atoms with Gasteiger partial charge in [-0.1, -0.05) is 20.8 Å². The molecule has 0 aliphatic rings. The zero-order chi connectivity index (χ0) is 12.3. The van der Waals surface area contributed by atoms with Gasteiger partial charge in [0, 0.05) is 9.75 Å². The maximum atomic E-state index is 10.7. The molecule has 1 aromatic heterocycles. The van der Waals surface area contributed by atoms with Gasteiger partial charge in [-0.25, -0.2) is 4.79 Å². The van der Waals surface area contributed by atoms with Crippen LogP contribution >= 0.6 is 11.3 Å². The number of nitriles is 1. The lowest BCUT2D eigenvalue weighted by atomic mass is 9.95. The van der Waals surface area contributed by atoms with Gasteiger partial charge in [0.05, 0.1) is 0 Å². The molecule has 84 valence electrons. The highest BCUT2D eigenvalue weighted by atomic mass is 32.1. The standard InChI is InChI=1S/C12H13NO2S/c1-12(2,3)10-5-4-9(16-10)6-8(7-13)11(14)15/h4-6H,1-3H3,(H,14,15)/b8-6-. The van der Waals surface area contributed by atoms with Crippen LogP contribution in [-0.4, -0.2) is 11.1 Å². The van der Waals surface area contributed by atoms with Gasteiger partial charge in [-0.05, 0) is 23.6 Å². The summed E-state index contributed by atoms with van der Waals surface area (Å²) >= 11 is 1.51. The van der Waals surface area contributed by atoms with Crippen LogP contribution < -0.4 is 0 Å². The van der Waals surface area contributed by atoms with E-state index in [-0.39, 0.29) is 11.0 Å². The highest BCUT2D eigenvalue weighted by Crippen LogP contribution is 2.30. The topological polar surface area (TPSA) is 61.1 Å². The average molecular weight is 235 g/mol. The Morgan fingerprint density at radius 2 is 2.12 bits per heavy atom. The molecule has 0 saturated heterocycles. The summed E-state index contributed by atoms with van der Waals surface area (Å²) in [4.78, 5) is 12.6. The monoisotopic (exact) mass is 235 g/mol. The van der Waals surface area contributed by atoms with Gasteiger partial charge in [-0.3, -0.25) is 0 Å². The number of carbonyl (C=O) groups is 1. The second-order valence-corrected chi connectivity index (χ2v) is 5.54. The van der Waals surface area contributed by atoms with Gasteiger partial charge in [0.25, 0.3) is 0 Å². The molecule has 0 amide bonds. The third kappa shape index (κ3) is 2.94. The zero-order valence-electron chi connectivity index (χ0n) is 9.44. The highest BCUT2D eigenvalue weighted by molar-refractivity contribution is 7.13. The van der Waals surface area contributed by atoms with Crippen LogP contribution in [0, 0.1) is 11.3 Å². The van der Waals surface area contributed by atoms with E-state index in [0.717, 1.165) is 4.88 Å². The predicted octanol–water partition coefficient (Wildman–Crippen LogP) is 3.04. The van der Waals surface area contributed by atoms with E-state index >= 15 is 0 Å². The Kier molecular flexibility index (Phi) is 3.51. The summed E-state index contributed by atoms with van der Waals surface area (Å²) in [6, 6.07) is 5.47. The number of hydrogen-bond donors (Lipinski definition) is 1. The Hall–Kier alpha value is -1.60. The molecule has 16 heavy (non-hydrogen) atoms. The number of thiophene rings is 1. The van der Waals surface area contributed by atoms with Gasteiger partial charge < -0.3 is 5.11 Å². The van der Waals surface area contributed by atoms with E-state index in [1.165, 1.54) is 22.3 Å². The molecule has 0 atom stereocenters. The summed E-state index contributed by atoms with van der Waals surface area (Å²) in [5.74, 6) is -1.19. The molecule has 1 aromatic rings. The lowest BCUT2D eigenvalue weighted by Gasteiger charge is -2.15. The Bertz CT molecular complexity index is 472. The minimum atomic E-state index is -1.19. The zero-order valence-corrected chi connectivity index (χ0v) is 10.3. The molecule has 0 unspecified atom stereocenters. The number of aliphatic carboxylic acids is 1. The fourth-order valence-electron chi connectivity index (χ4n) is 1.12. The minimum absolute atomic E-state index is 0.0484. The molecule has 1 rings (SSSR count). The number of carboxylic acid groups (broad SMARTS) is 1. The highest BCUT2D eigenvalue weighted by Gasteiger charge is 2.16. The van der Waals surface area contributed by atoms with Gasteiger partial charge in [0.2, 0.25) is 0 Å². The normalized spacial score (nSPS) is 12.2. The summed E-state index contributed by atoms with van der Waals surface area (Å²) in [6.45, 7) is 6.28. The molecule has 1 N–H and O–H groups in total. The smallest absolute Gasteiger partial charge is 0.346 e. The third-order valence-electron chi connectivity index (χ3n) is 2.00. The van der Waals surface area contributed by atoms with Crippen molar-refractivity contribution < 1.29 is 9.90 Å². The lowest BCUT2D eigenvalue weighted by Crippen LogP contribution is -2.07. The lowest BCUT2D eigenvalue weighted by molar-refractivity contribution is -0.132. The summed E-state index contributed by atoms with van der Waals surface area (Å²) < 4.78 is 0. The van der Waals surface area contributed by atoms with Crippen LogP contribution in [0.15, 0.2) is 17.7 Å². The van der Waals surface area contributed by atoms with Crippen molar-refractivity contribution in [3.63, 3.8) is 0 Å². The average Bonchev–Trinajstić information content (AvgIpc) is 2.61. The molecular formula is C12H13NO2S. The van der Waals surface area contributed by atoms with Crippen LogP contribution in [0.3, 0.4) is 0 Å². The van der Waals surface area contributed by atoms with Gasteiger partial charge >= 0.3 is 5.97 Å². The first-order valence-corrected chi connectivity index (χ1v) is 5.61. The second-order valence-electron chi connectivity index (χ2n) is 4.43. The fourth-order valence-corrected chi connectivity index (χ4v) is 2.13. The van der Waals surface area contributed by atoms with Crippen molar-refractivity contribution in [2.75, 3.05) is 0 Å². The first kappa shape index (κ1) is 12.5. The molecule has 0 fully saturated rings. The van der Waals surface area contributed by atoms with Crippen LogP contribution in [0.2, 0.25) is 0 Å². The van der Waals surface area contributed by atoms with Crippen molar-refractivity contribution in [3.05, 3.63) is 27.5 Å².